The monoisotopic (exact) mass is 613 g/mol. The van der Waals surface area contributed by atoms with Crippen LogP contribution >= 0.6 is 11.3 Å². The van der Waals surface area contributed by atoms with Gasteiger partial charge in [-0.3, -0.25) is 0 Å². The van der Waals surface area contributed by atoms with Gasteiger partial charge in [-0.05, 0) is 39.7 Å². The molecule has 4 heteroatoms. The number of rotatable bonds is 2. The maximum Gasteiger partial charge on any atom is 0.0286 e. The molecule has 0 fully saturated rings. The molecule has 3 aromatic heterocycles. The third kappa shape index (κ3) is 5.77. The number of pyridine rings is 2. The number of hydrogen-bond acceptors (Lipinski definition) is 3. The van der Waals surface area contributed by atoms with E-state index in [-0.39, 0.29) is 25.5 Å². The summed E-state index contributed by atoms with van der Waals surface area (Å²) in [5.41, 5.74) is 5.57. The Morgan fingerprint density at radius 2 is 1.62 bits per heavy atom. The van der Waals surface area contributed by atoms with E-state index in [1.165, 1.54) is 15.6 Å². The second-order valence-electron chi connectivity index (χ2n) is 8.22. The van der Waals surface area contributed by atoms with Crippen LogP contribution in [0.4, 0.5) is 0 Å². The Bertz CT molecular complexity index is 1200. The van der Waals surface area contributed by atoms with Crippen molar-refractivity contribution in [1.29, 1.82) is 0 Å². The average Bonchev–Trinajstić information content (AvgIpc) is 3.29. The van der Waals surface area contributed by atoms with E-state index < -0.39 is 0 Å². The first kappa shape index (κ1) is 24.0. The van der Waals surface area contributed by atoms with Crippen molar-refractivity contribution in [3.63, 3.8) is 0 Å². The molecule has 0 saturated heterocycles. The van der Waals surface area contributed by atoms with Crippen molar-refractivity contribution in [1.82, 2.24) is 9.97 Å². The fourth-order valence-electron chi connectivity index (χ4n) is 3.22. The SMILES string of the molecule is CC(C)(C)c1c[c-]c(-c2nccc3sccc23)cc1.[Ir].[c-]1ccccc1-c1ccccn1. The molecule has 0 spiro atoms. The van der Waals surface area contributed by atoms with Crippen molar-refractivity contribution in [2.45, 2.75) is 26.2 Å². The van der Waals surface area contributed by atoms with Gasteiger partial charge >= 0.3 is 0 Å². The molecular weight excluding hydrogens is 589 g/mol. The van der Waals surface area contributed by atoms with Gasteiger partial charge in [0.25, 0.3) is 0 Å². The van der Waals surface area contributed by atoms with Gasteiger partial charge in [-0.25, -0.2) is 0 Å². The number of benzene rings is 2. The van der Waals surface area contributed by atoms with E-state index in [0.717, 1.165) is 22.5 Å². The summed E-state index contributed by atoms with van der Waals surface area (Å²) in [6.07, 6.45) is 3.66. The third-order valence-corrected chi connectivity index (χ3v) is 5.85. The Kier molecular flexibility index (Phi) is 8.09. The van der Waals surface area contributed by atoms with Gasteiger partial charge in [0.1, 0.15) is 0 Å². The zero-order valence-electron chi connectivity index (χ0n) is 18.3. The number of thiophene rings is 1. The third-order valence-electron chi connectivity index (χ3n) is 4.96. The summed E-state index contributed by atoms with van der Waals surface area (Å²) in [6.45, 7) is 6.65. The van der Waals surface area contributed by atoms with E-state index in [2.05, 4.69) is 78.6 Å². The Labute approximate surface area is 207 Å². The van der Waals surface area contributed by atoms with Crippen LogP contribution in [0, 0.1) is 12.1 Å². The van der Waals surface area contributed by atoms with Crippen LogP contribution in [0.15, 0.2) is 90.6 Å². The molecule has 0 amide bonds. The van der Waals surface area contributed by atoms with Crippen molar-refractivity contribution in [2.24, 2.45) is 0 Å². The minimum absolute atomic E-state index is 0. The van der Waals surface area contributed by atoms with Crippen molar-refractivity contribution < 1.29 is 20.1 Å². The normalized spacial score (nSPS) is 10.7. The van der Waals surface area contributed by atoms with Crippen molar-refractivity contribution in [2.75, 3.05) is 0 Å². The van der Waals surface area contributed by atoms with Gasteiger partial charge in [-0.2, -0.15) is 0 Å². The van der Waals surface area contributed by atoms with Crippen LogP contribution in [-0.2, 0) is 25.5 Å². The molecule has 0 atom stereocenters. The summed E-state index contributed by atoms with van der Waals surface area (Å²) >= 11 is 1.75. The molecule has 0 aliphatic rings. The Morgan fingerprint density at radius 3 is 2.28 bits per heavy atom. The average molecular weight is 613 g/mol. The molecule has 32 heavy (non-hydrogen) atoms. The van der Waals surface area contributed by atoms with Crippen molar-refractivity contribution in [3.05, 3.63) is 108 Å². The van der Waals surface area contributed by atoms with Crippen LogP contribution in [0.5, 0.6) is 0 Å². The molecule has 0 unspecified atom stereocenters. The smallest absolute Gasteiger partial charge is 0.0286 e. The van der Waals surface area contributed by atoms with Gasteiger partial charge in [0.15, 0.2) is 0 Å². The minimum atomic E-state index is 0. The van der Waals surface area contributed by atoms with Gasteiger partial charge in [0.05, 0.1) is 0 Å². The Balaban J connectivity index is 0.000000193. The van der Waals surface area contributed by atoms with E-state index >= 15 is 0 Å². The molecule has 0 N–H and O–H groups in total. The molecule has 2 nitrogen and oxygen atoms in total. The molecule has 0 aliphatic carbocycles. The van der Waals surface area contributed by atoms with E-state index in [1.807, 2.05) is 48.7 Å². The predicted molar refractivity (Wildman–Crippen MR) is 131 cm³/mol. The second kappa shape index (κ2) is 10.8. The topological polar surface area (TPSA) is 25.8 Å². The Morgan fingerprint density at radius 1 is 0.781 bits per heavy atom. The van der Waals surface area contributed by atoms with Gasteiger partial charge < -0.3 is 9.97 Å². The summed E-state index contributed by atoms with van der Waals surface area (Å²) in [7, 11) is 0. The zero-order valence-corrected chi connectivity index (χ0v) is 21.5. The van der Waals surface area contributed by atoms with E-state index in [9.17, 15) is 0 Å². The standard InChI is InChI=1S/C17H16NS.C11H8N.Ir/c1-17(2,3)13-6-4-12(5-7-13)16-14-9-11-19-15(14)8-10-18-16;1-2-6-10(7-3-1)11-8-4-5-9-12-11;/h4,6-11H,1-3H3;1-6,8-9H;/q2*-1;. The number of nitrogens with zero attached hydrogens (tertiary/aromatic N) is 2. The number of fused-ring (bicyclic) bond motifs is 1. The predicted octanol–water partition coefficient (Wildman–Crippen LogP) is 7.61. The minimum Gasteiger partial charge on any atom is -0.305 e. The first-order valence-electron chi connectivity index (χ1n) is 10.3. The van der Waals surface area contributed by atoms with Crippen LogP contribution in [0.3, 0.4) is 0 Å². The van der Waals surface area contributed by atoms with Gasteiger partial charge in [0.2, 0.25) is 0 Å². The number of hydrogen-bond donors (Lipinski definition) is 0. The molecule has 0 saturated carbocycles. The van der Waals surface area contributed by atoms with Gasteiger partial charge in [-0.1, -0.05) is 39.0 Å². The molecule has 1 radical (unpaired) electrons. The largest absolute Gasteiger partial charge is 0.305 e. The van der Waals surface area contributed by atoms with Crippen LogP contribution < -0.4 is 0 Å². The fraction of sp³-hybridized carbons (Fsp3) is 0.143. The molecule has 0 aliphatic heterocycles. The van der Waals surface area contributed by atoms with Gasteiger partial charge in [0, 0.05) is 37.2 Å². The zero-order chi connectivity index (χ0) is 21.7. The second-order valence-corrected chi connectivity index (χ2v) is 9.17. The van der Waals surface area contributed by atoms with Crippen molar-refractivity contribution >= 4 is 21.4 Å². The van der Waals surface area contributed by atoms with E-state index in [4.69, 9.17) is 0 Å². The first-order valence-corrected chi connectivity index (χ1v) is 11.1. The molecule has 5 rings (SSSR count). The summed E-state index contributed by atoms with van der Waals surface area (Å²) in [5.74, 6) is 0. The quantitative estimate of drug-likeness (QED) is 0.192. The van der Waals surface area contributed by atoms with Crippen LogP contribution in [-0.4, -0.2) is 9.97 Å². The van der Waals surface area contributed by atoms with Crippen molar-refractivity contribution in [3.8, 4) is 22.5 Å². The maximum absolute atomic E-state index is 4.52. The fourth-order valence-corrected chi connectivity index (χ4v) is 4.00. The first-order chi connectivity index (χ1) is 15.0. The van der Waals surface area contributed by atoms with Crippen LogP contribution in [0.1, 0.15) is 26.3 Å². The van der Waals surface area contributed by atoms with E-state index in [0.29, 0.717) is 0 Å². The van der Waals surface area contributed by atoms with Crippen LogP contribution in [0.2, 0.25) is 0 Å². The summed E-state index contributed by atoms with van der Waals surface area (Å²) in [4.78, 5) is 8.73. The van der Waals surface area contributed by atoms with Crippen LogP contribution in [0.25, 0.3) is 32.6 Å². The molecule has 163 valence electrons. The molecule has 5 aromatic rings. The number of aromatic nitrogens is 2. The maximum atomic E-state index is 4.52. The Hall–Kier alpha value is -2.65. The van der Waals surface area contributed by atoms with Gasteiger partial charge in [-0.15, -0.1) is 82.6 Å². The molecule has 3 heterocycles. The summed E-state index contributed by atoms with van der Waals surface area (Å²) in [6, 6.07) is 30.8. The summed E-state index contributed by atoms with van der Waals surface area (Å²) < 4.78 is 1.28. The summed E-state index contributed by atoms with van der Waals surface area (Å²) in [5, 5.41) is 3.33. The molecule has 2 aromatic carbocycles. The molecule has 0 bridgehead atoms. The molecular formula is C28H24IrN2S-2. The van der Waals surface area contributed by atoms with E-state index in [1.54, 1.807) is 17.5 Å².